The number of ether oxygens (including phenoxy) is 1. The zero-order valence-corrected chi connectivity index (χ0v) is 12.9. The van der Waals surface area contributed by atoms with Crippen molar-refractivity contribution in [1.82, 2.24) is 10.1 Å². The van der Waals surface area contributed by atoms with Crippen LogP contribution in [0.1, 0.15) is 12.2 Å². The Hall–Kier alpha value is -2.91. The number of hydrogen-bond donors (Lipinski definition) is 1. The molecule has 0 bridgehead atoms. The predicted molar refractivity (Wildman–Crippen MR) is 76.4 cm³/mol. The molecule has 10 heteroatoms. The maximum Gasteiger partial charge on any atom is 0.355 e. The first-order valence-electron chi connectivity index (χ1n) is 6.70. The van der Waals surface area contributed by atoms with Gasteiger partial charge in [-0.25, -0.2) is 4.79 Å². The van der Waals surface area contributed by atoms with Crippen molar-refractivity contribution < 1.29 is 28.5 Å². The first kappa shape index (κ1) is 16.5. The van der Waals surface area contributed by atoms with Crippen LogP contribution in [0.15, 0.2) is 15.7 Å². The van der Waals surface area contributed by atoms with Gasteiger partial charge in [-0.15, -0.1) is 0 Å². The summed E-state index contributed by atoms with van der Waals surface area (Å²) >= 11 is 0. The summed E-state index contributed by atoms with van der Waals surface area (Å²) in [7, 11) is 2.65. The summed E-state index contributed by atoms with van der Waals surface area (Å²) in [5, 5.41) is 9.63. The van der Waals surface area contributed by atoms with E-state index < -0.39 is 23.9 Å². The third-order valence-corrected chi connectivity index (χ3v) is 3.02. The molecule has 23 heavy (non-hydrogen) atoms. The quantitative estimate of drug-likeness (QED) is 0.737. The molecular weight excluding hydrogens is 308 g/mol. The normalized spacial score (nSPS) is 16.3. The minimum Gasteiger partial charge on any atom is -0.464 e. The molecule has 0 saturated heterocycles. The van der Waals surface area contributed by atoms with Crippen LogP contribution in [0.5, 0.6) is 0 Å². The molecular formula is C13H16N4O6. The number of rotatable bonds is 5. The number of oxime groups is 1. The van der Waals surface area contributed by atoms with Crippen LogP contribution in [0.25, 0.3) is 0 Å². The molecule has 1 aliphatic rings. The lowest BCUT2D eigenvalue weighted by Crippen LogP contribution is -2.41. The number of nitrogens with one attached hydrogen (secondary N) is 1. The molecule has 10 nitrogen and oxygen atoms in total. The van der Waals surface area contributed by atoms with Crippen LogP contribution < -0.4 is 5.32 Å². The number of hydrogen-bond acceptors (Lipinski definition) is 8. The lowest BCUT2D eigenvalue weighted by atomic mass is 10.1. The maximum atomic E-state index is 12.2. The smallest absolute Gasteiger partial charge is 0.355 e. The van der Waals surface area contributed by atoms with Crippen molar-refractivity contribution in [1.29, 1.82) is 0 Å². The number of amides is 2. The van der Waals surface area contributed by atoms with Gasteiger partial charge in [0.2, 0.25) is 12.0 Å². The van der Waals surface area contributed by atoms with E-state index in [1.54, 1.807) is 13.0 Å². The number of aromatic nitrogens is 1. The molecule has 0 spiro atoms. The molecule has 2 heterocycles. The van der Waals surface area contributed by atoms with Gasteiger partial charge in [0, 0.05) is 19.5 Å². The molecule has 0 fully saturated rings. The molecule has 0 radical (unpaired) electrons. The molecule has 0 aliphatic carbocycles. The second-order valence-corrected chi connectivity index (χ2v) is 4.89. The zero-order valence-electron chi connectivity index (χ0n) is 12.9. The second kappa shape index (κ2) is 6.90. The summed E-state index contributed by atoms with van der Waals surface area (Å²) in [5.41, 5.74) is 0.0294. The Morgan fingerprint density at radius 2 is 2.22 bits per heavy atom. The third-order valence-electron chi connectivity index (χ3n) is 3.02. The van der Waals surface area contributed by atoms with Gasteiger partial charge >= 0.3 is 5.97 Å². The highest BCUT2D eigenvalue weighted by Gasteiger charge is 2.34. The number of carbonyl (C=O) groups excluding carboxylic acids is 3. The Labute approximate surface area is 131 Å². The summed E-state index contributed by atoms with van der Waals surface area (Å²) < 4.78 is 9.32. The van der Waals surface area contributed by atoms with Crippen molar-refractivity contribution in [2.45, 2.75) is 19.4 Å². The fraction of sp³-hybridized carbons (Fsp3) is 0.462. The summed E-state index contributed by atoms with van der Waals surface area (Å²) in [6.07, 6.45) is -0.948. The highest BCUT2D eigenvalue weighted by atomic mass is 16.7. The summed E-state index contributed by atoms with van der Waals surface area (Å²) in [4.78, 5) is 41.4. The molecule has 0 aromatic carbocycles. The fourth-order valence-corrected chi connectivity index (χ4v) is 1.90. The Kier molecular flexibility index (Phi) is 4.94. The average Bonchev–Trinajstić information content (AvgIpc) is 3.14. The van der Waals surface area contributed by atoms with Gasteiger partial charge in [-0.05, 0) is 6.92 Å². The Bertz CT molecular complexity index is 653. The number of likely N-dealkylation sites (N-methyl/N-ethyl adjacent to an activating group) is 1. The number of esters is 1. The molecule has 0 saturated carbocycles. The van der Waals surface area contributed by atoms with Gasteiger partial charge in [-0.3, -0.25) is 9.59 Å². The first-order chi connectivity index (χ1) is 10.9. The van der Waals surface area contributed by atoms with E-state index in [0.717, 1.165) is 0 Å². The zero-order chi connectivity index (χ0) is 17.0. The predicted octanol–water partition coefficient (Wildman–Crippen LogP) is -0.302. The minimum atomic E-state index is -0.948. The molecule has 1 N–H and O–H groups in total. The number of anilines is 1. The summed E-state index contributed by atoms with van der Waals surface area (Å²) in [6.45, 7) is 1.48. The van der Waals surface area contributed by atoms with Crippen LogP contribution >= 0.6 is 0 Å². The van der Waals surface area contributed by atoms with Crippen LogP contribution in [0.4, 0.5) is 5.82 Å². The van der Waals surface area contributed by atoms with E-state index in [2.05, 4.69) is 20.4 Å². The van der Waals surface area contributed by atoms with E-state index in [1.807, 2.05) is 0 Å². The molecule has 1 aliphatic heterocycles. The van der Waals surface area contributed by atoms with Gasteiger partial charge in [-0.1, -0.05) is 10.3 Å². The molecule has 2 rings (SSSR count). The van der Waals surface area contributed by atoms with Crippen LogP contribution in [0.3, 0.4) is 0 Å². The number of nitrogens with zero attached hydrogens (tertiary/aromatic N) is 3. The molecule has 1 aromatic rings. The van der Waals surface area contributed by atoms with E-state index in [0.29, 0.717) is 5.76 Å². The molecule has 124 valence electrons. The summed E-state index contributed by atoms with van der Waals surface area (Å²) in [6, 6.07) is 1.55. The second-order valence-electron chi connectivity index (χ2n) is 4.89. The van der Waals surface area contributed by atoms with Crippen molar-refractivity contribution in [3.05, 3.63) is 11.8 Å². The summed E-state index contributed by atoms with van der Waals surface area (Å²) in [5.74, 6) is -0.749. The van der Waals surface area contributed by atoms with Gasteiger partial charge < -0.3 is 24.3 Å². The van der Waals surface area contributed by atoms with Gasteiger partial charge in [0.25, 0.3) is 5.91 Å². The van der Waals surface area contributed by atoms with Crippen molar-refractivity contribution in [2.24, 2.45) is 5.16 Å². The Morgan fingerprint density at radius 3 is 2.83 bits per heavy atom. The largest absolute Gasteiger partial charge is 0.464 e. The van der Waals surface area contributed by atoms with Crippen LogP contribution in [-0.2, 0) is 24.0 Å². The number of aryl methyl sites for hydroxylation is 1. The van der Waals surface area contributed by atoms with E-state index in [1.165, 1.54) is 19.1 Å². The standard InChI is InChI=1S/C13H16N4O6/c1-7-4-10(16-22-7)14-11(18)6-17(2)12(19)9-5-8(15-23-9)13(20)21-3/h4,9H,5-6H2,1-3H3,(H,14,16,18)/t9-/m0/s1. The van der Waals surface area contributed by atoms with Crippen LogP contribution in [-0.4, -0.2) is 60.4 Å². The van der Waals surface area contributed by atoms with Gasteiger partial charge in [0.15, 0.2) is 11.5 Å². The average molecular weight is 324 g/mol. The lowest BCUT2D eigenvalue weighted by molar-refractivity contribution is -0.142. The molecule has 1 aromatic heterocycles. The van der Waals surface area contributed by atoms with Crippen LogP contribution in [0, 0.1) is 6.92 Å². The fourth-order valence-electron chi connectivity index (χ4n) is 1.90. The Morgan fingerprint density at radius 1 is 1.48 bits per heavy atom. The highest BCUT2D eigenvalue weighted by molar-refractivity contribution is 6.37. The van der Waals surface area contributed by atoms with E-state index in [4.69, 9.17) is 9.36 Å². The van der Waals surface area contributed by atoms with E-state index >= 15 is 0 Å². The van der Waals surface area contributed by atoms with Gasteiger partial charge in [-0.2, -0.15) is 0 Å². The topological polar surface area (TPSA) is 123 Å². The van der Waals surface area contributed by atoms with E-state index in [-0.39, 0.29) is 24.5 Å². The maximum absolute atomic E-state index is 12.2. The van der Waals surface area contributed by atoms with Crippen molar-refractivity contribution in [3.8, 4) is 0 Å². The lowest BCUT2D eigenvalue weighted by Gasteiger charge is -2.18. The monoisotopic (exact) mass is 324 g/mol. The van der Waals surface area contributed by atoms with Gasteiger partial charge in [0.1, 0.15) is 5.76 Å². The molecule has 2 amide bonds. The number of methoxy groups -OCH3 is 1. The molecule has 1 atom stereocenters. The third kappa shape index (κ3) is 4.05. The first-order valence-corrected chi connectivity index (χ1v) is 6.70. The SMILES string of the molecule is COC(=O)C1=NO[C@H](C(=O)N(C)CC(=O)Nc2cc(C)on2)C1. The van der Waals surface area contributed by atoms with E-state index in [9.17, 15) is 14.4 Å². The van der Waals surface area contributed by atoms with Crippen molar-refractivity contribution in [3.63, 3.8) is 0 Å². The number of carbonyl (C=O) groups is 3. The molecule has 0 unspecified atom stereocenters. The van der Waals surface area contributed by atoms with Crippen molar-refractivity contribution in [2.75, 3.05) is 26.0 Å². The highest BCUT2D eigenvalue weighted by Crippen LogP contribution is 2.14. The van der Waals surface area contributed by atoms with Crippen molar-refractivity contribution >= 4 is 29.3 Å². The van der Waals surface area contributed by atoms with Gasteiger partial charge in [0.05, 0.1) is 13.7 Å². The van der Waals surface area contributed by atoms with Crippen LogP contribution in [0.2, 0.25) is 0 Å². The Balaban J connectivity index is 1.83. The minimum absolute atomic E-state index is 0.0000530.